The molecule has 2 atom stereocenters. The zero-order chi connectivity index (χ0) is 18.5. The average Bonchev–Trinajstić information content (AvgIpc) is 3.23. The van der Waals surface area contributed by atoms with Crippen LogP contribution >= 0.6 is 11.6 Å². The third-order valence-corrected chi connectivity index (χ3v) is 5.83. The van der Waals surface area contributed by atoms with E-state index in [1.807, 2.05) is 12.4 Å². The zero-order valence-corrected chi connectivity index (χ0v) is 16.3. The molecule has 0 fully saturated rings. The molecule has 2 N–H and O–H groups in total. The fourth-order valence-electron chi connectivity index (χ4n) is 4.32. The predicted molar refractivity (Wildman–Crippen MR) is 111 cm³/mol. The lowest BCUT2D eigenvalue weighted by Gasteiger charge is -2.23. The van der Waals surface area contributed by atoms with Crippen molar-refractivity contribution in [3.63, 3.8) is 0 Å². The molecule has 5 nitrogen and oxygen atoms in total. The van der Waals surface area contributed by atoms with Crippen molar-refractivity contribution in [2.45, 2.75) is 45.3 Å². The van der Waals surface area contributed by atoms with Crippen LogP contribution in [0.5, 0.6) is 0 Å². The summed E-state index contributed by atoms with van der Waals surface area (Å²) in [5, 5.41) is 5.17. The zero-order valence-electron chi connectivity index (χ0n) is 15.5. The maximum Gasteiger partial charge on any atom is 0.310 e. The van der Waals surface area contributed by atoms with Gasteiger partial charge < -0.3 is 10.3 Å². The molecule has 6 heteroatoms. The normalized spacial score (nSPS) is 25.8. The van der Waals surface area contributed by atoms with Crippen molar-refractivity contribution < 1.29 is 4.58 Å². The molecule has 0 saturated heterocycles. The van der Waals surface area contributed by atoms with E-state index in [2.05, 4.69) is 58.0 Å². The summed E-state index contributed by atoms with van der Waals surface area (Å²) in [7, 11) is 0. The van der Waals surface area contributed by atoms with Crippen molar-refractivity contribution in [3.05, 3.63) is 46.9 Å². The highest BCUT2D eigenvalue weighted by Gasteiger charge is 2.38. The molecule has 27 heavy (non-hydrogen) atoms. The molecule has 0 radical (unpaired) electrons. The number of nitrogens with zero attached hydrogens (tertiary/aromatic N) is 3. The second-order valence-electron chi connectivity index (χ2n) is 7.78. The fraction of sp³-hybridized carbons (Fsp3) is 0.381. The van der Waals surface area contributed by atoms with Crippen LogP contribution in [0.1, 0.15) is 31.5 Å². The number of para-hydroxylation sites is 1. The molecule has 2 aromatic rings. The van der Waals surface area contributed by atoms with Crippen LogP contribution in [0.15, 0.2) is 45.6 Å². The van der Waals surface area contributed by atoms with E-state index in [4.69, 9.17) is 16.6 Å². The second-order valence-corrected chi connectivity index (χ2v) is 8.19. The molecule has 0 bridgehead atoms. The summed E-state index contributed by atoms with van der Waals surface area (Å²) in [6, 6.07) is 8.77. The summed E-state index contributed by atoms with van der Waals surface area (Å²) in [6.07, 6.45) is 6.76. The number of amidine groups is 1. The number of aryl methyl sites for hydroxylation is 1. The van der Waals surface area contributed by atoms with Gasteiger partial charge in [0.05, 0.1) is 12.3 Å². The number of fused-ring (bicyclic) bond motifs is 4. The highest BCUT2D eigenvalue weighted by molar-refractivity contribution is 6.32. The van der Waals surface area contributed by atoms with Gasteiger partial charge in [-0.15, -0.1) is 0 Å². The van der Waals surface area contributed by atoms with Crippen molar-refractivity contribution in [3.8, 4) is 0 Å². The first-order chi connectivity index (χ1) is 13.1. The standard InChI is InChI=1S/C21H23ClN5/c1-12(2)18-10-23-21-20(26-19(22)11-27(18)21)24-13-7-8-17-15(9-13)14-5-3-4-6-16(14)25-17/h3-6,10-13,21,25H,7-9H2,1-2H3,(H,24,26)/q+1/t13-,21?/m1/s1. The Hall–Kier alpha value is -2.40. The van der Waals surface area contributed by atoms with Crippen LogP contribution in [-0.2, 0) is 12.8 Å². The molecule has 1 aliphatic carbocycles. The van der Waals surface area contributed by atoms with E-state index in [-0.39, 0.29) is 12.2 Å². The number of hydrogen-bond acceptors (Lipinski definition) is 2. The molecule has 2 aliphatic heterocycles. The van der Waals surface area contributed by atoms with Gasteiger partial charge in [0, 0.05) is 22.5 Å². The molecule has 0 amide bonds. The molecule has 5 rings (SSSR count). The summed E-state index contributed by atoms with van der Waals surface area (Å²) in [4.78, 5) is 13.3. The van der Waals surface area contributed by atoms with E-state index in [0.717, 1.165) is 25.1 Å². The third kappa shape index (κ3) is 2.81. The number of rotatable bonds is 2. The van der Waals surface area contributed by atoms with Gasteiger partial charge >= 0.3 is 6.17 Å². The first-order valence-corrected chi connectivity index (χ1v) is 9.97. The monoisotopic (exact) mass is 380 g/mol. The number of aromatic nitrogens is 1. The van der Waals surface area contributed by atoms with E-state index >= 15 is 0 Å². The van der Waals surface area contributed by atoms with Crippen molar-refractivity contribution >= 4 is 40.3 Å². The Morgan fingerprint density at radius 3 is 3.00 bits per heavy atom. The molecule has 3 heterocycles. The molecular weight excluding hydrogens is 358 g/mol. The summed E-state index contributed by atoms with van der Waals surface area (Å²) in [5.41, 5.74) is 5.17. The van der Waals surface area contributed by atoms with Gasteiger partial charge in [-0.3, -0.25) is 4.99 Å². The Bertz CT molecular complexity index is 1040. The minimum atomic E-state index is -0.116. The molecule has 138 valence electrons. The smallest absolute Gasteiger partial charge is 0.310 e. The third-order valence-electron chi connectivity index (χ3n) is 5.64. The van der Waals surface area contributed by atoms with E-state index in [1.165, 1.54) is 27.9 Å². The van der Waals surface area contributed by atoms with E-state index in [0.29, 0.717) is 11.1 Å². The molecular formula is C21H23ClN5+. The number of aromatic amines is 1. The Labute approximate surface area is 163 Å². The van der Waals surface area contributed by atoms with Crippen LogP contribution in [0.25, 0.3) is 10.9 Å². The molecule has 1 unspecified atom stereocenters. The van der Waals surface area contributed by atoms with E-state index in [1.54, 1.807) is 0 Å². The number of nitrogens with one attached hydrogen (secondary N) is 2. The maximum atomic E-state index is 6.36. The average molecular weight is 381 g/mol. The lowest BCUT2D eigenvalue weighted by Crippen LogP contribution is -2.44. The van der Waals surface area contributed by atoms with Gasteiger partial charge in [0.2, 0.25) is 11.9 Å². The minimum absolute atomic E-state index is 0.116. The minimum Gasteiger partial charge on any atom is -0.358 e. The highest BCUT2D eigenvalue weighted by atomic mass is 35.5. The van der Waals surface area contributed by atoms with Crippen molar-refractivity contribution in [2.24, 2.45) is 15.9 Å². The van der Waals surface area contributed by atoms with Crippen molar-refractivity contribution in [1.29, 1.82) is 0 Å². The van der Waals surface area contributed by atoms with Gasteiger partial charge in [0.15, 0.2) is 11.0 Å². The Balaban J connectivity index is 1.48. The number of halogens is 1. The summed E-state index contributed by atoms with van der Waals surface area (Å²) >= 11 is 6.36. The first-order valence-electron chi connectivity index (χ1n) is 9.59. The van der Waals surface area contributed by atoms with Gasteiger partial charge in [0.1, 0.15) is 0 Å². The van der Waals surface area contributed by atoms with Gasteiger partial charge in [-0.05, 0) is 30.9 Å². The highest BCUT2D eigenvalue weighted by Crippen LogP contribution is 2.30. The van der Waals surface area contributed by atoms with Crippen LogP contribution < -0.4 is 5.32 Å². The number of H-pyrrole nitrogens is 1. The SMILES string of the molecule is CC(C)C1=[N+]2C=C(Cl)NC(=N[C@@H]3CCc4[nH]c5ccccc5c4C3)C2N=C1. The Morgan fingerprint density at radius 1 is 1.30 bits per heavy atom. The summed E-state index contributed by atoms with van der Waals surface area (Å²) in [5.74, 6) is 1.24. The molecule has 1 aromatic heterocycles. The molecule has 0 saturated carbocycles. The van der Waals surface area contributed by atoms with Crippen LogP contribution in [0.4, 0.5) is 0 Å². The quantitative estimate of drug-likeness (QED) is 0.607. The Kier molecular flexibility index (Phi) is 3.93. The largest absolute Gasteiger partial charge is 0.358 e. The van der Waals surface area contributed by atoms with Gasteiger partial charge in [-0.25, -0.2) is 4.99 Å². The van der Waals surface area contributed by atoms with Crippen LogP contribution in [0.2, 0.25) is 0 Å². The fourth-order valence-corrected chi connectivity index (χ4v) is 4.52. The predicted octanol–water partition coefficient (Wildman–Crippen LogP) is 3.58. The summed E-state index contributed by atoms with van der Waals surface area (Å²) in [6.45, 7) is 4.34. The molecule has 0 spiro atoms. The van der Waals surface area contributed by atoms with Crippen LogP contribution in [0.3, 0.4) is 0 Å². The van der Waals surface area contributed by atoms with Crippen molar-refractivity contribution in [1.82, 2.24) is 10.3 Å². The lowest BCUT2D eigenvalue weighted by molar-refractivity contribution is -0.478. The second kappa shape index (κ2) is 6.34. The number of benzene rings is 1. The summed E-state index contributed by atoms with van der Waals surface area (Å²) < 4.78 is 2.14. The van der Waals surface area contributed by atoms with Gasteiger partial charge in [0.25, 0.3) is 0 Å². The van der Waals surface area contributed by atoms with Crippen LogP contribution in [0, 0.1) is 5.92 Å². The maximum absolute atomic E-state index is 6.36. The number of hydrogen-bond donors (Lipinski definition) is 2. The molecule has 3 aliphatic rings. The number of aliphatic imine (C=N–C) groups is 2. The van der Waals surface area contributed by atoms with E-state index < -0.39 is 0 Å². The molecule has 1 aromatic carbocycles. The van der Waals surface area contributed by atoms with Gasteiger partial charge in [-0.1, -0.05) is 43.6 Å². The van der Waals surface area contributed by atoms with E-state index in [9.17, 15) is 0 Å². The topological polar surface area (TPSA) is 55.5 Å². The van der Waals surface area contributed by atoms with Gasteiger partial charge in [-0.2, -0.15) is 4.58 Å². The Morgan fingerprint density at radius 2 is 2.15 bits per heavy atom. The first kappa shape index (κ1) is 16.8. The lowest BCUT2D eigenvalue weighted by atomic mass is 9.92. The van der Waals surface area contributed by atoms with Crippen LogP contribution in [-0.4, -0.2) is 39.5 Å². The van der Waals surface area contributed by atoms with Crippen molar-refractivity contribution in [2.75, 3.05) is 0 Å².